The van der Waals surface area contributed by atoms with E-state index < -0.39 is 6.09 Å². The molecule has 0 unspecified atom stereocenters. The Bertz CT molecular complexity index is 246. The van der Waals surface area contributed by atoms with Crippen LogP contribution in [0.25, 0.3) is 0 Å². The lowest BCUT2D eigenvalue weighted by atomic mass is 10.1. The molecule has 0 aromatic heterocycles. The van der Waals surface area contributed by atoms with Crippen LogP contribution in [0.1, 0.15) is 46.0 Å². The molecule has 0 aliphatic rings. The van der Waals surface area contributed by atoms with E-state index in [-0.39, 0.29) is 11.5 Å². The Morgan fingerprint density at radius 3 is 2.40 bits per heavy atom. The van der Waals surface area contributed by atoms with Gasteiger partial charge < -0.3 is 5.11 Å². The molecular formula is C11H19NO3. The molecule has 4 nitrogen and oxygen atoms in total. The molecule has 0 spiro atoms. The summed E-state index contributed by atoms with van der Waals surface area (Å²) < 4.78 is 0. The fourth-order valence-corrected chi connectivity index (χ4v) is 1.27. The summed E-state index contributed by atoms with van der Waals surface area (Å²) in [5.74, 6) is -0.129. The molecular weight excluding hydrogens is 194 g/mol. The van der Waals surface area contributed by atoms with Gasteiger partial charge in [0.25, 0.3) is 0 Å². The molecule has 0 fully saturated rings. The van der Waals surface area contributed by atoms with Crippen molar-refractivity contribution in [2.24, 2.45) is 0 Å². The number of rotatable bonds is 7. The van der Waals surface area contributed by atoms with Crippen molar-refractivity contribution in [2.45, 2.75) is 46.0 Å². The van der Waals surface area contributed by atoms with Crippen molar-refractivity contribution in [1.82, 2.24) is 5.32 Å². The number of ketones is 1. The zero-order chi connectivity index (χ0) is 11.7. The SMILES string of the molecule is C/C=C(\NC(=O)O)C(=O)CCCCCC. The molecule has 0 aliphatic heterocycles. The average Bonchev–Trinajstić information content (AvgIpc) is 2.20. The monoisotopic (exact) mass is 213 g/mol. The topological polar surface area (TPSA) is 66.4 Å². The molecule has 0 radical (unpaired) electrons. The zero-order valence-electron chi connectivity index (χ0n) is 9.38. The normalized spacial score (nSPS) is 11.2. The quantitative estimate of drug-likeness (QED) is 0.504. The van der Waals surface area contributed by atoms with E-state index in [4.69, 9.17) is 5.11 Å². The third-order valence-corrected chi connectivity index (χ3v) is 2.09. The number of allylic oxidation sites excluding steroid dienone is 2. The summed E-state index contributed by atoms with van der Waals surface area (Å²) in [6, 6.07) is 0. The van der Waals surface area contributed by atoms with Crippen molar-refractivity contribution < 1.29 is 14.7 Å². The molecule has 0 saturated heterocycles. The fraction of sp³-hybridized carbons (Fsp3) is 0.636. The number of nitrogens with one attached hydrogen (secondary N) is 1. The van der Waals surface area contributed by atoms with Crippen LogP contribution >= 0.6 is 0 Å². The summed E-state index contributed by atoms with van der Waals surface area (Å²) in [4.78, 5) is 21.8. The van der Waals surface area contributed by atoms with Crippen molar-refractivity contribution in [3.63, 3.8) is 0 Å². The Balaban J connectivity index is 3.90. The molecule has 15 heavy (non-hydrogen) atoms. The molecule has 4 heteroatoms. The first-order chi connectivity index (χ1) is 7.11. The molecule has 2 N–H and O–H groups in total. The Morgan fingerprint density at radius 1 is 1.27 bits per heavy atom. The minimum Gasteiger partial charge on any atom is -0.465 e. The van der Waals surface area contributed by atoms with Crippen LogP contribution < -0.4 is 5.32 Å². The molecule has 1 amide bonds. The van der Waals surface area contributed by atoms with Gasteiger partial charge in [-0.15, -0.1) is 0 Å². The molecule has 0 aliphatic carbocycles. The number of hydrogen-bond acceptors (Lipinski definition) is 2. The van der Waals surface area contributed by atoms with Gasteiger partial charge in [-0.25, -0.2) is 4.79 Å². The van der Waals surface area contributed by atoms with Crippen LogP contribution in [0.3, 0.4) is 0 Å². The van der Waals surface area contributed by atoms with Gasteiger partial charge in [-0.05, 0) is 13.3 Å². The second-order valence-corrected chi connectivity index (χ2v) is 3.37. The summed E-state index contributed by atoms with van der Waals surface area (Å²) in [6.07, 6.45) is 4.81. The van der Waals surface area contributed by atoms with Gasteiger partial charge in [0.2, 0.25) is 0 Å². The van der Waals surface area contributed by atoms with Crippen LogP contribution in [-0.2, 0) is 4.79 Å². The van der Waals surface area contributed by atoms with E-state index in [2.05, 4.69) is 12.2 Å². The predicted molar refractivity (Wildman–Crippen MR) is 58.7 cm³/mol. The van der Waals surface area contributed by atoms with E-state index in [0.29, 0.717) is 6.42 Å². The van der Waals surface area contributed by atoms with Crippen molar-refractivity contribution >= 4 is 11.9 Å². The fourth-order valence-electron chi connectivity index (χ4n) is 1.27. The van der Waals surface area contributed by atoms with Gasteiger partial charge in [0.05, 0.1) is 5.70 Å². The predicted octanol–water partition coefficient (Wildman–Crippen LogP) is 2.70. The second-order valence-electron chi connectivity index (χ2n) is 3.37. The van der Waals surface area contributed by atoms with Crippen LogP contribution in [0.5, 0.6) is 0 Å². The van der Waals surface area contributed by atoms with Crippen LogP contribution in [0.2, 0.25) is 0 Å². The van der Waals surface area contributed by atoms with Gasteiger partial charge in [-0.1, -0.05) is 32.3 Å². The summed E-state index contributed by atoms with van der Waals surface area (Å²) in [5, 5.41) is 10.6. The standard InChI is InChI=1S/C11H19NO3/c1-3-5-6-7-8-10(13)9(4-2)12-11(14)15/h4,12H,3,5-8H2,1-2H3,(H,14,15)/b9-4-. The molecule has 0 bridgehead atoms. The first-order valence-electron chi connectivity index (χ1n) is 5.31. The van der Waals surface area contributed by atoms with E-state index in [1.165, 1.54) is 6.08 Å². The van der Waals surface area contributed by atoms with Crippen molar-refractivity contribution in [3.05, 3.63) is 11.8 Å². The van der Waals surface area contributed by atoms with E-state index >= 15 is 0 Å². The van der Waals surface area contributed by atoms with Crippen LogP contribution in [0.15, 0.2) is 11.8 Å². The van der Waals surface area contributed by atoms with Gasteiger partial charge in [-0.2, -0.15) is 0 Å². The molecule has 0 aromatic carbocycles. The number of hydrogen-bond donors (Lipinski definition) is 2. The van der Waals surface area contributed by atoms with Gasteiger partial charge in [-0.3, -0.25) is 10.1 Å². The van der Waals surface area contributed by atoms with E-state index in [9.17, 15) is 9.59 Å². The Labute approximate surface area is 90.4 Å². The zero-order valence-corrected chi connectivity index (χ0v) is 9.38. The van der Waals surface area contributed by atoms with Crippen molar-refractivity contribution in [2.75, 3.05) is 0 Å². The van der Waals surface area contributed by atoms with E-state index in [1.807, 2.05) is 0 Å². The van der Waals surface area contributed by atoms with Crippen LogP contribution in [-0.4, -0.2) is 17.0 Å². The van der Waals surface area contributed by atoms with Crippen molar-refractivity contribution in [3.8, 4) is 0 Å². The lowest BCUT2D eigenvalue weighted by Gasteiger charge is -2.05. The molecule has 86 valence electrons. The number of amides is 1. The molecule has 0 atom stereocenters. The minimum absolute atomic E-state index is 0.129. The van der Waals surface area contributed by atoms with Gasteiger partial charge in [0.1, 0.15) is 0 Å². The van der Waals surface area contributed by atoms with Crippen LogP contribution in [0.4, 0.5) is 4.79 Å². The number of Topliss-reactive ketones (excluding diaryl/α,β-unsaturated/α-hetero) is 1. The highest BCUT2D eigenvalue weighted by Crippen LogP contribution is 2.06. The summed E-state index contributed by atoms with van der Waals surface area (Å²) >= 11 is 0. The Morgan fingerprint density at radius 2 is 1.93 bits per heavy atom. The minimum atomic E-state index is -1.19. The number of carboxylic acid groups (broad SMARTS) is 1. The Hall–Kier alpha value is -1.32. The van der Waals surface area contributed by atoms with Crippen molar-refractivity contribution in [1.29, 1.82) is 0 Å². The van der Waals surface area contributed by atoms with Crippen LogP contribution in [0, 0.1) is 0 Å². The summed E-state index contributed by atoms with van der Waals surface area (Å²) in [7, 11) is 0. The average molecular weight is 213 g/mol. The van der Waals surface area contributed by atoms with Gasteiger partial charge >= 0.3 is 6.09 Å². The molecule has 0 aromatic rings. The van der Waals surface area contributed by atoms with Gasteiger partial charge in [0.15, 0.2) is 5.78 Å². The number of carbonyl (C=O) groups is 2. The molecule has 0 saturated carbocycles. The lowest BCUT2D eigenvalue weighted by Crippen LogP contribution is -2.25. The Kier molecular flexibility index (Phi) is 7.32. The molecule has 0 rings (SSSR count). The second kappa shape index (κ2) is 8.03. The highest BCUT2D eigenvalue weighted by Gasteiger charge is 2.10. The highest BCUT2D eigenvalue weighted by atomic mass is 16.4. The highest BCUT2D eigenvalue weighted by molar-refractivity contribution is 5.97. The molecule has 0 heterocycles. The third-order valence-electron chi connectivity index (χ3n) is 2.09. The first-order valence-corrected chi connectivity index (χ1v) is 5.31. The maximum absolute atomic E-state index is 11.5. The summed E-state index contributed by atoms with van der Waals surface area (Å²) in [5.41, 5.74) is 0.180. The first kappa shape index (κ1) is 13.7. The van der Waals surface area contributed by atoms with Gasteiger partial charge in [0, 0.05) is 6.42 Å². The maximum Gasteiger partial charge on any atom is 0.409 e. The summed E-state index contributed by atoms with van der Waals surface area (Å²) in [6.45, 7) is 3.75. The third kappa shape index (κ3) is 6.71. The largest absolute Gasteiger partial charge is 0.465 e. The van der Waals surface area contributed by atoms with E-state index in [0.717, 1.165) is 25.7 Å². The van der Waals surface area contributed by atoms with E-state index in [1.54, 1.807) is 6.92 Å². The maximum atomic E-state index is 11.5. The lowest BCUT2D eigenvalue weighted by molar-refractivity contribution is -0.116. The smallest absolute Gasteiger partial charge is 0.409 e. The number of unbranched alkanes of at least 4 members (excludes halogenated alkanes) is 3. The number of carbonyl (C=O) groups excluding carboxylic acids is 1.